The van der Waals surface area contributed by atoms with E-state index in [2.05, 4.69) is 5.32 Å². The average Bonchev–Trinajstić information content (AvgIpc) is 2.91. The Morgan fingerprint density at radius 3 is 2.48 bits per heavy atom. The first-order valence-corrected chi connectivity index (χ1v) is 6.58. The third-order valence-corrected chi connectivity index (χ3v) is 3.37. The maximum Gasteiger partial charge on any atom is 0.415 e. The quantitative estimate of drug-likeness (QED) is 0.687. The molecule has 0 fully saturated rings. The van der Waals surface area contributed by atoms with Crippen LogP contribution in [-0.2, 0) is 6.54 Å². The van der Waals surface area contributed by atoms with Gasteiger partial charge in [-0.1, -0.05) is 12.1 Å². The van der Waals surface area contributed by atoms with Gasteiger partial charge in [-0.3, -0.25) is 4.57 Å². The Bertz CT molecular complexity index is 791. The van der Waals surface area contributed by atoms with Gasteiger partial charge in [-0.2, -0.15) is 0 Å². The number of fused-ring (bicyclic) bond motifs is 1. The topological polar surface area (TPSA) is 80.3 Å². The van der Waals surface area contributed by atoms with E-state index in [1.54, 1.807) is 18.3 Å². The fourth-order valence-corrected chi connectivity index (χ4v) is 2.28. The van der Waals surface area contributed by atoms with Gasteiger partial charge in [0.1, 0.15) is 0 Å². The molecule has 5 heteroatoms. The van der Waals surface area contributed by atoms with Gasteiger partial charge in [-0.25, -0.2) is 4.79 Å². The van der Waals surface area contributed by atoms with Crippen molar-refractivity contribution in [2.24, 2.45) is 5.73 Å². The summed E-state index contributed by atoms with van der Waals surface area (Å²) >= 11 is 0. The van der Waals surface area contributed by atoms with Crippen LogP contribution in [0, 0.1) is 0 Å². The van der Waals surface area contributed by atoms with E-state index in [1.165, 1.54) is 4.57 Å². The highest BCUT2D eigenvalue weighted by Gasteiger charge is 2.07. The maximum absolute atomic E-state index is 11.0. The molecule has 4 N–H and O–H groups in total. The molecule has 0 radical (unpaired) electrons. The summed E-state index contributed by atoms with van der Waals surface area (Å²) in [6.45, 7) is 0.523. The highest BCUT2D eigenvalue weighted by Crippen LogP contribution is 2.23. The van der Waals surface area contributed by atoms with Crippen LogP contribution >= 0.6 is 0 Å². The predicted molar refractivity (Wildman–Crippen MR) is 83.0 cm³/mol. The second-order valence-corrected chi connectivity index (χ2v) is 4.77. The lowest BCUT2D eigenvalue weighted by Crippen LogP contribution is -2.05. The summed E-state index contributed by atoms with van der Waals surface area (Å²) in [6.07, 6.45) is 0.565. The van der Waals surface area contributed by atoms with Crippen LogP contribution in [0.2, 0.25) is 0 Å². The molecule has 3 aromatic rings. The van der Waals surface area contributed by atoms with Crippen molar-refractivity contribution in [2.75, 3.05) is 5.32 Å². The Labute approximate surface area is 121 Å². The molecule has 1 heterocycles. The number of rotatable bonds is 3. The van der Waals surface area contributed by atoms with Gasteiger partial charge in [0, 0.05) is 29.5 Å². The van der Waals surface area contributed by atoms with E-state index < -0.39 is 6.09 Å². The Morgan fingerprint density at radius 2 is 1.81 bits per heavy atom. The zero-order valence-electron chi connectivity index (χ0n) is 11.3. The van der Waals surface area contributed by atoms with Crippen LogP contribution in [0.5, 0.6) is 0 Å². The second kappa shape index (κ2) is 5.30. The summed E-state index contributed by atoms with van der Waals surface area (Å²) in [6, 6.07) is 15.2. The van der Waals surface area contributed by atoms with Crippen molar-refractivity contribution >= 4 is 28.4 Å². The number of anilines is 2. The van der Waals surface area contributed by atoms with E-state index in [-0.39, 0.29) is 0 Å². The van der Waals surface area contributed by atoms with Crippen LogP contribution in [0.4, 0.5) is 16.2 Å². The molecule has 2 aromatic carbocycles. The fourth-order valence-electron chi connectivity index (χ4n) is 2.28. The number of aromatic nitrogens is 1. The molecule has 0 spiro atoms. The normalized spacial score (nSPS) is 10.7. The molecule has 5 nitrogen and oxygen atoms in total. The summed E-state index contributed by atoms with van der Waals surface area (Å²) < 4.78 is 1.20. The lowest BCUT2D eigenvalue weighted by atomic mass is 10.2. The minimum Gasteiger partial charge on any atom is -0.464 e. The number of carbonyl (C=O) groups is 1. The number of nitrogens with two attached hydrogens (primary N) is 1. The SMILES string of the molecule is NCc1ccc(Nc2ccc3c(ccn3C(=O)O)c2)cc1. The van der Waals surface area contributed by atoms with Crippen molar-refractivity contribution < 1.29 is 9.90 Å². The number of nitrogens with zero attached hydrogens (tertiary/aromatic N) is 1. The van der Waals surface area contributed by atoms with Crippen LogP contribution in [0.3, 0.4) is 0 Å². The minimum absolute atomic E-state index is 0.523. The van der Waals surface area contributed by atoms with E-state index in [9.17, 15) is 4.79 Å². The second-order valence-electron chi connectivity index (χ2n) is 4.77. The van der Waals surface area contributed by atoms with Gasteiger partial charge in [0.15, 0.2) is 0 Å². The van der Waals surface area contributed by atoms with E-state index >= 15 is 0 Å². The van der Waals surface area contributed by atoms with Crippen molar-refractivity contribution in [1.29, 1.82) is 0 Å². The summed E-state index contributed by atoms with van der Waals surface area (Å²) in [5.74, 6) is 0. The first kappa shape index (κ1) is 13.2. The molecule has 0 aliphatic rings. The smallest absolute Gasteiger partial charge is 0.415 e. The third kappa shape index (κ3) is 2.59. The minimum atomic E-state index is -0.983. The van der Waals surface area contributed by atoms with Crippen LogP contribution in [0.1, 0.15) is 5.56 Å². The van der Waals surface area contributed by atoms with Gasteiger partial charge in [0.25, 0.3) is 0 Å². The number of hydrogen-bond donors (Lipinski definition) is 3. The van der Waals surface area contributed by atoms with Gasteiger partial charge < -0.3 is 16.2 Å². The van der Waals surface area contributed by atoms with Crippen LogP contribution in [-0.4, -0.2) is 15.8 Å². The summed E-state index contributed by atoms with van der Waals surface area (Å²) in [4.78, 5) is 11.0. The summed E-state index contributed by atoms with van der Waals surface area (Å²) in [5, 5.41) is 13.2. The Balaban J connectivity index is 1.88. The summed E-state index contributed by atoms with van der Waals surface area (Å²) in [7, 11) is 0. The van der Waals surface area contributed by atoms with Gasteiger partial charge in [0.05, 0.1) is 5.52 Å². The molecular formula is C16H15N3O2. The van der Waals surface area contributed by atoms with E-state index in [0.29, 0.717) is 12.1 Å². The number of benzene rings is 2. The largest absolute Gasteiger partial charge is 0.464 e. The molecule has 3 rings (SSSR count). The van der Waals surface area contributed by atoms with Gasteiger partial charge in [0.2, 0.25) is 0 Å². The number of nitrogens with one attached hydrogen (secondary N) is 1. The van der Waals surface area contributed by atoms with E-state index in [0.717, 1.165) is 22.3 Å². The molecule has 0 saturated carbocycles. The van der Waals surface area contributed by atoms with Gasteiger partial charge in [-0.15, -0.1) is 0 Å². The van der Waals surface area contributed by atoms with Crippen LogP contribution in [0.25, 0.3) is 10.9 Å². The zero-order chi connectivity index (χ0) is 14.8. The summed E-state index contributed by atoms with van der Waals surface area (Å²) in [5.41, 5.74) is 9.19. The highest BCUT2D eigenvalue weighted by atomic mass is 16.4. The van der Waals surface area contributed by atoms with E-state index in [1.807, 2.05) is 36.4 Å². The number of carboxylic acid groups (broad SMARTS) is 1. The monoisotopic (exact) mass is 281 g/mol. The molecule has 0 amide bonds. The van der Waals surface area contributed by atoms with Crippen molar-refractivity contribution in [3.8, 4) is 0 Å². The van der Waals surface area contributed by atoms with Crippen molar-refractivity contribution in [3.63, 3.8) is 0 Å². The molecule has 0 unspecified atom stereocenters. The maximum atomic E-state index is 11.0. The molecule has 1 aromatic heterocycles. The fraction of sp³-hybridized carbons (Fsp3) is 0.0625. The first-order valence-electron chi connectivity index (χ1n) is 6.58. The Morgan fingerprint density at radius 1 is 1.10 bits per heavy atom. The molecule has 0 atom stereocenters. The molecule has 106 valence electrons. The molecule has 0 bridgehead atoms. The zero-order valence-corrected chi connectivity index (χ0v) is 11.3. The van der Waals surface area contributed by atoms with E-state index in [4.69, 9.17) is 10.8 Å². The van der Waals surface area contributed by atoms with Gasteiger partial charge >= 0.3 is 6.09 Å². The van der Waals surface area contributed by atoms with Gasteiger partial charge in [-0.05, 0) is 42.0 Å². The number of hydrogen-bond acceptors (Lipinski definition) is 3. The lowest BCUT2D eigenvalue weighted by molar-refractivity contribution is 0.197. The Hall–Kier alpha value is -2.79. The molecule has 0 saturated heterocycles. The Kier molecular flexibility index (Phi) is 3.33. The molecular weight excluding hydrogens is 266 g/mol. The van der Waals surface area contributed by atoms with Crippen molar-refractivity contribution in [2.45, 2.75) is 6.54 Å². The first-order chi connectivity index (χ1) is 10.2. The lowest BCUT2D eigenvalue weighted by Gasteiger charge is -2.08. The highest BCUT2D eigenvalue weighted by molar-refractivity contribution is 5.91. The molecule has 0 aliphatic heterocycles. The van der Waals surface area contributed by atoms with Crippen LogP contribution < -0.4 is 11.1 Å². The van der Waals surface area contributed by atoms with Crippen molar-refractivity contribution in [3.05, 3.63) is 60.3 Å². The third-order valence-electron chi connectivity index (χ3n) is 3.37. The molecule has 21 heavy (non-hydrogen) atoms. The standard InChI is InChI=1S/C16H15N3O2/c17-10-11-1-3-13(4-2-11)18-14-5-6-15-12(9-14)7-8-19(15)16(20)21/h1-9,18H,10,17H2,(H,20,21). The van der Waals surface area contributed by atoms with Crippen molar-refractivity contribution in [1.82, 2.24) is 4.57 Å². The average molecular weight is 281 g/mol. The predicted octanol–water partition coefficient (Wildman–Crippen LogP) is 3.37. The molecule has 0 aliphatic carbocycles. The van der Waals surface area contributed by atoms with Crippen LogP contribution in [0.15, 0.2) is 54.7 Å².